The molecule has 6 heteroatoms. The lowest BCUT2D eigenvalue weighted by atomic mass is 9.67. The van der Waals surface area contributed by atoms with Crippen LogP contribution >= 0.6 is 0 Å². The molecule has 0 bridgehead atoms. The minimum absolute atomic E-state index is 0.0360. The third-order valence-electron chi connectivity index (χ3n) is 9.24. The van der Waals surface area contributed by atoms with E-state index in [1.54, 1.807) is 0 Å². The molecule has 38 heavy (non-hydrogen) atoms. The summed E-state index contributed by atoms with van der Waals surface area (Å²) in [7, 11) is 0. The number of hydrogen-bond donors (Lipinski definition) is 2. The van der Waals surface area contributed by atoms with Gasteiger partial charge in [0.2, 0.25) is 5.91 Å². The van der Waals surface area contributed by atoms with Crippen molar-refractivity contribution in [2.24, 2.45) is 28.1 Å². The zero-order valence-electron chi connectivity index (χ0n) is 27.2. The Morgan fingerprint density at radius 3 is 1.92 bits per heavy atom. The minimum atomic E-state index is -0.942. The van der Waals surface area contributed by atoms with Crippen molar-refractivity contribution in [1.82, 2.24) is 5.32 Å². The molecule has 6 nitrogen and oxygen atoms in total. The SMILES string of the molecule is CCOC(C)(C)C(C)(C)C(C)COC(C)(C)CC(C)NC(=O)CC(C/C=C/CC(C)(C)C(C)(C)C)C(=O)O. The van der Waals surface area contributed by atoms with Crippen molar-refractivity contribution in [1.29, 1.82) is 0 Å². The molecular weight excluding hydrogens is 478 g/mol. The molecule has 1 amide bonds. The number of ether oxygens (including phenoxy) is 2. The van der Waals surface area contributed by atoms with Crippen LogP contribution < -0.4 is 5.32 Å². The fourth-order valence-electron chi connectivity index (χ4n) is 4.32. The summed E-state index contributed by atoms with van der Waals surface area (Å²) in [6.07, 6.45) is 5.76. The van der Waals surface area contributed by atoms with Crippen LogP contribution in [0.15, 0.2) is 12.2 Å². The van der Waals surface area contributed by atoms with Crippen LogP contribution in [-0.2, 0) is 19.1 Å². The largest absolute Gasteiger partial charge is 0.481 e. The van der Waals surface area contributed by atoms with E-state index in [0.717, 1.165) is 6.42 Å². The molecule has 0 spiro atoms. The zero-order chi connectivity index (χ0) is 30.2. The third-order valence-corrected chi connectivity index (χ3v) is 9.24. The van der Waals surface area contributed by atoms with Crippen LogP contribution in [0.4, 0.5) is 0 Å². The normalized spacial score (nSPS) is 16.4. The first-order valence-corrected chi connectivity index (χ1v) is 14.4. The molecule has 3 unspecified atom stereocenters. The molecule has 0 rings (SSSR count). The van der Waals surface area contributed by atoms with Gasteiger partial charge < -0.3 is 19.9 Å². The number of carbonyl (C=O) groups is 2. The third kappa shape index (κ3) is 11.8. The molecule has 0 saturated carbocycles. The van der Waals surface area contributed by atoms with Crippen molar-refractivity contribution >= 4 is 11.9 Å². The van der Waals surface area contributed by atoms with Crippen LogP contribution in [0.3, 0.4) is 0 Å². The van der Waals surface area contributed by atoms with E-state index in [2.05, 4.69) is 80.6 Å². The van der Waals surface area contributed by atoms with Gasteiger partial charge in [-0.1, -0.05) is 67.5 Å². The second-order valence-electron chi connectivity index (χ2n) is 14.6. The molecule has 0 aliphatic rings. The number of carbonyl (C=O) groups excluding carboxylic acids is 1. The number of allylic oxidation sites excluding steroid dienone is 2. The Hall–Kier alpha value is -1.40. The standard InChI is InChI=1S/C32H61NO5/c1-15-37-32(13,14)31(11,12)23(2)22-38-30(9,10)21-24(3)33-26(34)20-25(27(35)36)18-16-17-19-29(7,8)28(4,5)6/h16-17,23-25H,15,18-22H2,1-14H3,(H,33,34)(H,35,36)/b17-16+. The fraction of sp³-hybridized carbons (Fsp3) is 0.875. The second-order valence-corrected chi connectivity index (χ2v) is 14.6. The van der Waals surface area contributed by atoms with Gasteiger partial charge in [0.15, 0.2) is 0 Å². The summed E-state index contributed by atoms with van der Waals surface area (Å²) in [5.41, 5.74) is -0.583. The average molecular weight is 540 g/mol. The van der Waals surface area contributed by atoms with Gasteiger partial charge in [-0.3, -0.25) is 9.59 Å². The Balaban J connectivity index is 4.89. The predicted octanol–water partition coefficient (Wildman–Crippen LogP) is 7.65. The van der Waals surface area contributed by atoms with Gasteiger partial charge >= 0.3 is 5.97 Å². The number of carboxylic acid groups (broad SMARTS) is 1. The van der Waals surface area contributed by atoms with Crippen LogP contribution in [0.2, 0.25) is 0 Å². The fourth-order valence-corrected chi connectivity index (χ4v) is 4.32. The van der Waals surface area contributed by atoms with Crippen molar-refractivity contribution < 1.29 is 24.2 Å². The van der Waals surface area contributed by atoms with Crippen molar-refractivity contribution in [3.8, 4) is 0 Å². The molecule has 0 heterocycles. The molecule has 224 valence electrons. The molecule has 0 aliphatic carbocycles. The number of amides is 1. The Bertz CT molecular complexity index is 773. The van der Waals surface area contributed by atoms with Crippen molar-refractivity contribution in [2.45, 2.75) is 140 Å². The van der Waals surface area contributed by atoms with Gasteiger partial charge in [-0.15, -0.1) is 0 Å². The number of hydrogen-bond acceptors (Lipinski definition) is 4. The Morgan fingerprint density at radius 2 is 1.45 bits per heavy atom. The molecule has 0 fully saturated rings. The quantitative estimate of drug-likeness (QED) is 0.185. The molecule has 2 N–H and O–H groups in total. The Kier molecular flexibility index (Phi) is 13.8. The molecule has 0 aromatic rings. The van der Waals surface area contributed by atoms with Crippen LogP contribution in [0.1, 0.15) is 123 Å². The average Bonchev–Trinajstić information content (AvgIpc) is 2.72. The highest BCUT2D eigenvalue weighted by Gasteiger charge is 2.42. The lowest BCUT2D eigenvalue weighted by Gasteiger charge is -2.46. The summed E-state index contributed by atoms with van der Waals surface area (Å²) < 4.78 is 12.3. The Labute approximate surface area is 234 Å². The molecule has 0 saturated heterocycles. The van der Waals surface area contributed by atoms with Gasteiger partial charge in [-0.05, 0) is 83.0 Å². The monoisotopic (exact) mass is 539 g/mol. The van der Waals surface area contributed by atoms with Gasteiger partial charge in [0.1, 0.15) is 0 Å². The van der Waals surface area contributed by atoms with Crippen LogP contribution in [0.5, 0.6) is 0 Å². The first-order chi connectivity index (χ1) is 17.0. The van der Waals surface area contributed by atoms with Crippen molar-refractivity contribution in [3.05, 3.63) is 12.2 Å². The molecule has 0 aliphatic heterocycles. The van der Waals surface area contributed by atoms with Gasteiger partial charge in [0.25, 0.3) is 0 Å². The van der Waals surface area contributed by atoms with Gasteiger partial charge in [-0.25, -0.2) is 0 Å². The van der Waals surface area contributed by atoms with E-state index in [0.29, 0.717) is 26.1 Å². The van der Waals surface area contributed by atoms with E-state index in [-0.39, 0.29) is 46.1 Å². The van der Waals surface area contributed by atoms with Crippen LogP contribution in [-0.4, -0.2) is 47.4 Å². The summed E-state index contributed by atoms with van der Waals surface area (Å²) in [5, 5.41) is 12.7. The van der Waals surface area contributed by atoms with E-state index in [1.807, 2.05) is 33.8 Å². The van der Waals surface area contributed by atoms with Crippen molar-refractivity contribution in [3.63, 3.8) is 0 Å². The summed E-state index contributed by atoms with van der Waals surface area (Å²) in [5.74, 6) is -1.66. The zero-order valence-corrected chi connectivity index (χ0v) is 27.2. The van der Waals surface area contributed by atoms with E-state index in [1.165, 1.54) is 0 Å². The maximum Gasteiger partial charge on any atom is 0.307 e. The molecule has 0 aromatic carbocycles. The van der Waals surface area contributed by atoms with E-state index in [9.17, 15) is 14.7 Å². The van der Waals surface area contributed by atoms with E-state index in [4.69, 9.17) is 9.47 Å². The lowest BCUT2D eigenvalue weighted by molar-refractivity contribution is -0.144. The minimum Gasteiger partial charge on any atom is -0.481 e. The topological polar surface area (TPSA) is 84.9 Å². The summed E-state index contributed by atoms with van der Waals surface area (Å²) in [6.45, 7) is 31.2. The van der Waals surface area contributed by atoms with Gasteiger partial charge in [0, 0.05) is 19.1 Å². The van der Waals surface area contributed by atoms with Crippen LogP contribution in [0.25, 0.3) is 0 Å². The maximum atomic E-state index is 12.7. The molecule has 3 atom stereocenters. The van der Waals surface area contributed by atoms with Crippen molar-refractivity contribution in [2.75, 3.05) is 13.2 Å². The Morgan fingerprint density at radius 1 is 0.895 bits per heavy atom. The first-order valence-electron chi connectivity index (χ1n) is 14.4. The van der Waals surface area contributed by atoms with E-state index < -0.39 is 17.5 Å². The highest BCUT2D eigenvalue weighted by molar-refractivity contribution is 5.82. The van der Waals surface area contributed by atoms with E-state index >= 15 is 0 Å². The summed E-state index contributed by atoms with van der Waals surface area (Å²) in [4.78, 5) is 24.5. The number of carboxylic acids is 1. The maximum absolute atomic E-state index is 12.7. The number of aliphatic carboxylic acids is 1. The summed E-state index contributed by atoms with van der Waals surface area (Å²) in [6, 6.07) is -0.141. The first kappa shape index (κ1) is 36.6. The smallest absolute Gasteiger partial charge is 0.307 e. The highest BCUT2D eigenvalue weighted by Crippen LogP contribution is 2.42. The lowest BCUT2D eigenvalue weighted by Crippen LogP contribution is -2.48. The molecule has 0 aromatic heterocycles. The highest BCUT2D eigenvalue weighted by atomic mass is 16.5. The van der Waals surface area contributed by atoms with Crippen LogP contribution in [0, 0.1) is 28.1 Å². The molecular formula is C32H61NO5. The summed E-state index contributed by atoms with van der Waals surface area (Å²) >= 11 is 0. The van der Waals surface area contributed by atoms with Gasteiger partial charge in [0.05, 0.1) is 23.7 Å². The second kappa shape index (κ2) is 14.3. The molecule has 0 radical (unpaired) electrons. The predicted molar refractivity (Wildman–Crippen MR) is 158 cm³/mol. The number of nitrogens with one attached hydrogen (secondary N) is 1. The number of rotatable bonds is 17. The van der Waals surface area contributed by atoms with Gasteiger partial charge in [-0.2, -0.15) is 0 Å².